The second-order valence-corrected chi connectivity index (χ2v) is 5.70. The summed E-state index contributed by atoms with van der Waals surface area (Å²) >= 11 is 12.3. The number of benzene rings is 1. The van der Waals surface area contributed by atoms with Crippen LogP contribution in [0.25, 0.3) is 0 Å². The van der Waals surface area contributed by atoms with Gasteiger partial charge in [0.2, 0.25) is 0 Å². The maximum atomic E-state index is 6.25. The van der Waals surface area contributed by atoms with Crippen LogP contribution in [0.5, 0.6) is 0 Å². The molecular formula is C14H20Cl2N2. The molecule has 18 heavy (non-hydrogen) atoms. The zero-order chi connectivity index (χ0) is 13.0. The summed E-state index contributed by atoms with van der Waals surface area (Å²) in [6.45, 7) is 2.77. The average molecular weight is 287 g/mol. The molecule has 1 aromatic carbocycles. The summed E-state index contributed by atoms with van der Waals surface area (Å²) in [6.07, 6.45) is 4.89. The molecule has 100 valence electrons. The van der Waals surface area contributed by atoms with Crippen LogP contribution in [0.3, 0.4) is 0 Å². The molecule has 4 heteroatoms. The highest BCUT2D eigenvalue weighted by molar-refractivity contribution is 6.42. The Balaban J connectivity index is 2.08. The van der Waals surface area contributed by atoms with Gasteiger partial charge in [0.05, 0.1) is 10.0 Å². The van der Waals surface area contributed by atoms with E-state index in [0.717, 1.165) is 31.6 Å². The lowest BCUT2D eigenvalue weighted by Crippen LogP contribution is -2.40. The molecule has 0 radical (unpaired) electrons. The van der Waals surface area contributed by atoms with Crippen molar-refractivity contribution in [1.29, 1.82) is 0 Å². The number of nitrogens with zero attached hydrogens (tertiary/aromatic N) is 1. The first kappa shape index (κ1) is 14.1. The molecule has 0 aromatic heterocycles. The van der Waals surface area contributed by atoms with Crippen molar-refractivity contribution in [2.24, 2.45) is 5.73 Å². The van der Waals surface area contributed by atoms with Gasteiger partial charge < -0.3 is 5.73 Å². The minimum atomic E-state index is 0.596. The van der Waals surface area contributed by atoms with Crippen molar-refractivity contribution in [2.75, 3.05) is 13.1 Å². The van der Waals surface area contributed by atoms with E-state index in [2.05, 4.69) is 11.0 Å². The zero-order valence-corrected chi connectivity index (χ0v) is 12.1. The van der Waals surface area contributed by atoms with Crippen molar-refractivity contribution in [3.05, 3.63) is 33.8 Å². The topological polar surface area (TPSA) is 29.3 Å². The van der Waals surface area contributed by atoms with Crippen LogP contribution in [-0.4, -0.2) is 24.0 Å². The van der Waals surface area contributed by atoms with E-state index in [1.54, 1.807) is 0 Å². The fourth-order valence-corrected chi connectivity index (χ4v) is 3.06. The molecule has 1 unspecified atom stereocenters. The van der Waals surface area contributed by atoms with Crippen molar-refractivity contribution in [1.82, 2.24) is 4.90 Å². The lowest BCUT2D eigenvalue weighted by Gasteiger charge is -2.35. The summed E-state index contributed by atoms with van der Waals surface area (Å²) in [4.78, 5) is 2.49. The number of nitrogens with two attached hydrogens (primary N) is 1. The summed E-state index contributed by atoms with van der Waals surface area (Å²) in [6, 6.07) is 6.45. The molecule has 1 aliphatic rings. The maximum absolute atomic E-state index is 6.25. The van der Waals surface area contributed by atoms with Crippen LogP contribution < -0.4 is 5.73 Å². The molecule has 0 amide bonds. The van der Waals surface area contributed by atoms with Gasteiger partial charge in [0.25, 0.3) is 0 Å². The van der Waals surface area contributed by atoms with Gasteiger partial charge in [-0.25, -0.2) is 0 Å². The molecule has 0 bridgehead atoms. The molecule has 2 nitrogen and oxygen atoms in total. The lowest BCUT2D eigenvalue weighted by molar-refractivity contribution is 0.134. The Morgan fingerprint density at radius 2 is 2.11 bits per heavy atom. The van der Waals surface area contributed by atoms with Crippen LogP contribution >= 0.6 is 23.2 Å². The molecule has 1 aromatic rings. The predicted octanol–water partition coefficient (Wildman–Crippen LogP) is 3.70. The number of rotatable bonds is 4. The summed E-state index contributed by atoms with van der Waals surface area (Å²) in [5, 5.41) is 1.33. The van der Waals surface area contributed by atoms with Crippen LogP contribution in [0.15, 0.2) is 18.2 Å². The molecule has 1 atom stereocenters. The molecule has 2 rings (SSSR count). The van der Waals surface area contributed by atoms with Crippen LogP contribution in [0.1, 0.15) is 31.2 Å². The van der Waals surface area contributed by atoms with Gasteiger partial charge in [0.15, 0.2) is 0 Å². The van der Waals surface area contributed by atoms with Gasteiger partial charge >= 0.3 is 0 Å². The average Bonchev–Trinajstić information content (AvgIpc) is 2.37. The Morgan fingerprint density at radius 3 is 2.89 bits per heavy atom. The molecule has 1 saturated heterocycles. The molecule has 0 aliphatic carbocycles. The Hall–Kier alpha value is -0.280. The molecule has 2 N–H and O–H groups in total. The molecule has 1 heterocycles. The smallest absolute Gasteiger partial charge is 0.0637 e. The van der Waals surface area contributed by atoms with Crippen molar-refractivity contribution in [3.63, 3.8) is 0 Å². The van der Waals surface area contributed by atoms with E-state index in [1.807, 2.05) is 12.1 Å². The van der Waals surface area contributed by atoms with E-state index in [9.17, 15) is 0 Å². The third kappa shape index (κ3) is 3.39. The molecule has 0 spiro atoms. The Bertz CT molecular complexity index is 393. The van der Waals surface area contributed by atoms with E-state index in [1.165, 1.54) is 19.3 Å². The monoisotopic (exact) mass is 286 g/mol. The maximum Gasteiger partial charge on any atom is 0.0637 e. The Labute approximate surface area is 119 Å². The SMILES string of the molecule is NCCC1CCCCN1Cc1cccc(Cl)c1Cl. The minimum Gasteiger partial charge on any atom is -0.330 e. The minimum absolute atomic E-state index is 0.596. The van der Waals surface area contributed by atoms with Gasteiger partial charge in [0, 0.05) is 12.6 Å². The fourth-order valence-electron chi connectivity index (χ4n) is 2.68. The predicted molar refractivity (Wildman–Crippen MR) is 78.2 cm³/mol. The highest BCUT2D eigenvalue weighted by Gasteiger charge is 2.22. The number of likely N-dealkylation sites (tertiary alicyclic amines) is 1. The molecule has 1 fully saturated rings. The van der Waals surface area contributed by atoms with E-state index in [4.69, 9.17) is 28.9 Å². The Morgan fingerprint density at radius 1 is 1.28 bits per heavy atom. The summed E-state index contributed by atoms with van der Waals surface area (Å²) in [7, 11) is 0. The van der Waals surface area contributed by atoms with Gasteiger partial charge in [-0.05, 0) is 44.0 Å². The highest BCUT2D eigenvalue weighted by atomic mass is 35.5. The van der Waals surface area contributed by atoms with Gasteiger partial charge in [-0.1, -0.05) is 41.8 Å². The van der Waals surface area contributed by atoms with E-state index in [-0.39, 0.29) is 0 Å². The summed E-state index contributed by atoms with van der Waals surface area (Å²) < 4.78 is 0. The number of hydrogen-bond donors (Lipinski definition) is 1. The van der Waals surface area contributed by atoms with E-state index >= 15 is 0 Å². The third-order valence-electron chi connectivity index (χ3n) is 3.65. The second kappa shape index (κ2) is 6.76. The number of hydrogen-bond acceptors (Lipinski definition) is 2. The first-order valence-corrected chi connectivity index (χ1v) is 7.35. The van der Waals surface area contributed by atoms with Gasteiger partial charge in [-0.15, -0.1) is 0 Å². The van der Waals surface area contributed by atoms with Gasteiger partial charge in [0.1, 0.15) is 0 Å². The van der Waals surface area contributed by atoms with Gasteiger partial charge in [-0.3, -0.25) is 4.90 Å². The van der Waals surface area contributed by atoms with Crippen molar-refractivity contribution < 1.29 is 0 Å². The third-order valence-corrected chi connectivity index (χ3v) is 4.51. The normalized spacial score (nSPS) is 21.2. The standard InChI is InChI=1S/C14H20Cl2N2/c15-13-6-3-4-11(14(13)16)10-18-9-2-1-5-12(18)7-8-17/h3-4,6,12H,1-2,5,7-10,17H2. The molecule has 0 saturated carbocycles. The number of piperidine rings is 1. The zero-order valence-electron chi connectivity index (χ0n) is 10.5. The molecular weight excluding hydrogens is 267 g/mol. The largest absolute Gasteiger partial charge is 0.330 e. The van der Waals surface area contributed by atoms with Crippen molar-refractivity contribution in [2.45, 2.75) is 38.3 Å². The lowest BCUT2D eigenvalue weighted by atomic mass is 9.98. The van der Waals surface area contributed by atoms with Crippen molar-refractivity contribution >= 4 is 23.2 Å². The van der Waals surface area contributed by atoms with Crippen LogP contribution in [0.2, 0.25) is 10.0 Å². The Kier molecular flexibility index (Phi) is 5.31. The second-order valence-electron chi connectivity index (χ2n) is 4.91. The van der Waals surface area contributed by atoms with Crippen molar-refractivity contribution in [3.8, 4) is 0 Å². The summed E-state index contributed by atoms with van der Waals surface area (Å²) in [5.41, 5.74) is 6.81. The van der Waals surface area contributed by atoms with Crippen LogP contribution in [0, 0.1) is 0 Å². The number of halogens is 2. The van der Waals surface area contributed by atoms with Gasteiger partial charge in [-0.2, -0.15) is 0 Å². The quantitative estimate of drug-likeness (QED) is 0.915. The van der Waals surface area contributed by atoms with E-state index < -0.39 is 0 Å². The van der Waals surface area contributed by atoms with E-state index in [0.29, 0.717) is 16.1 Å². The first-order valence-electron chi connectivity index (χ1n) is 6.59. The fraction of sp³-hybridized carbons (Fsp3) is 0.571. The first-order chi connectivity index (χ1) is 8.72. The van der Waals surface area contributed by atoms with Crippen LogP contribution in [-0.2, 0) is 6.54 Å². The molecule has 1 aliphatic heterocycles. The van der Waals surface area contributed by atoms with Crippen LogP contribution in [0.4, 0.5) is 0 Å². The highest BCUT2D eigenvalue weighted by Crippen LogP contribution is 2.29. The summed E-state index contributed by atoms with van der Waals surface area (Å²) in [5.74, 6) is 0.